The Labute approximate surface area is 638 Å². The maximum Gasteiger partial charge on any atom is 0.472 e. The normalized spacial score (nSPS) is 13.8. The fraction of sp³-hybridized carbons (Fsp3) is 0.953. The molecule has 104 heavy (non-hydrogen) atoms. The van der Waals surface area contributed by atoms with Crippen molar-refractivity contribution in [2.24, 2.45) is 11.8 Å². The molecule has 17 nitrogen and oxygen atoms in total. The summed E-state index contributed by atoms with van der Waals surface area (Å²) in [6.07, 6.45) is 68.2. The monoisotopic (exact) mass is 1520 g/mol. The maximum absolute atomic E-state index is 13.1. The Balaban J connectivity index is 5.23. The molecule has 2 unspecified atom stereocenters. The third kappa shape index (κ3) is 78.2. The summed E-state index contributed by atoms with van der Waals surface area (Å²) in [6, 6.07) is 0. The second-order valence-corrected chi connectivity index (χ2v) is 34.4. The van der Waals surface area contributed by atoms with Gasteiger partial charge in [0.1, 0.15) is 19.3 Å². The lowest BCUT2D eigenvalue weighted by atomic mass is 10.0. The van der Waals surface area contributed by atoms with Crippen LogP contribution in [0.25, 0.3) is 0 Å². The molecule has 0 aromatic heterocycles. The summed E-state index contributed by atoms with van der Waals surface area (Å²) in [4.78, 5) is 73.2. The number of carbonyl (C=O) groups excluding carboxylic acids is 4. The van der Waals surface area contributed by atoms with Crippen molar-refractivity contribution in [3.63, 3.8) is 0 Å². The van der Waals surface area contributed by atoms with Gasteiger partial charge in [0.05, 0.1) is 26.4 Å². The van der Waals surface area contributed by atoms with E-state index in [2.05, 4.69) is 41.5 Å². The van der Waals surface area contributed by atoms with Crippen LogP contribution >= 0.6 is 15.6 Å². The van der Waals surface area contributed by atoms with Crippen LogP contribution in [0.15, 0.2) is 0 Å². The van der Waals surface area contributed by atoms with E-state index < -0.39 is 97.5 Å². The SMILES string of the molecule is CCCCCCCCCCCCCCCCCCCCCCCC(=O)O[C@H](COC(=O)CCCCCCCCCCCCCCCCCCCC)COP(=O)(O)OC[C@@H](O)COP(=O)(O)OC[C@@H](COC(=O)CCCCCCCCCCC(C)C)OC(=O)CCCCCCCCCCCCCC(C)C. The van der Waals surface area contributed by atoms with Crippen molar-refractivity contribution in [3.8, 4) is 0 Å². The molecule has 3 N–H and O–H groups in total. The molecule has 0 aromatic rings. The Bertz CT molecular complexity index is 1990. The average molecular weight is 1520 g/mol. The molecule has 618 valence electrons. The van der Waals surface area contributed by atoms with E-state index in [4.69, 9.17) is 37.0 Å². The number of hydrogen-bond donors (Lipinski definition) is 3. The van der Waals surface area contributed by atoms with Gasteiger partial charge in [0, 0.05) is 25.7 Å². The quantitative estimate of drug-likeness (QED) is 0.0222. The minimum absolute atomic E-state index is 0.106. The number of hydrogen-bond acceptors (Lipinski definition) is 15. The molecule has 0 amide bonds. The van der Waals surface area contributed by atoms with Gasteiger partial charge in [-0.1, -0.05) is 401 Å². The zero-order chi connectivity index (χ0) is 76.4. The van der Waals surface area contributed by atoms with Gasteiger partial charge in [-0.15, -0.1) is 0 Å². The molecule has 0 heterocycles. The number of rotatable bonds is 84. The number of carbonyl (C=O) groups is 4. The Hall–Kier alpha value is -1.94. The van der Waals surface area contributed by atoms with E-state index in [9.17, 15) is 43.2 Å². The number of ether oxygens (including phenoxy) is 4. The fourth-order valence-electron chi connectivity index (χ4n) is 13.2. The lowest BCUT2D eigenvalue weighted by Gasteiger charge is -2.21. The summed E-state index contributed by atoms with van der Waals surface area (Å²) in [5.41, 5.74) is 0. The van der Waals surface area contributed by atoms with E-state index in [0.717, 1.165) is 102 Å². The molecular weight excluding hydrogens is 1350 g/mol. The van der Waals surface area contributed by atoms with Gasteiger partial charge < -0.3 is 33.8 Å². The molecule has 0 spiro atoms. The lowest BCUT2D eigenvalue weighted by Crippen LogP contribution is -2.30. The largest absolute Gasteiger partial charge is 0.472 e. The molecule has 0 aliphatic heterocycles. The molecule has 0 aliphatic carbocycles. The smallest absolute Gasteiger partial charge is 0.462 e. The average Bonchev–Trinajstić information content (AvgIpc) is 0.917. The van der Waals surface area contributed by atoms with Crippen LogP contribution in [0.5, 0.6) is 0 Å². The Morgan fingerprint density at radius 2 is 0.442 bits per heavy atom. The van der Waals surface area contributed by atoms with Crippen molar-refractivity contribution in [2.75, 3.05) is 39.6 Å². The Morgan fingerprint density at radius 3 is 0.654 bits per heavy atom. The zero-order valence-corrected chi connectivity index (χ0v) is 70.1. The van der Waals surface area contributed by atoms with Crippen LogP contribution in [0.3, 0.4) is 0 Å². The molecule has 0 saturated carbocycles. The zero-order valence-electron chi connectivity index (χ0n) is 68.3. The van der Waals surface area contributed by atoms with E-state index in [-0.39, 0.29) is 25.7 Å². The van der Waals surface area contributed by atoms with Crippen molar-refractivity contribution >= 4 is 39.5 Å². The topological polar surface area (TPSA) is 237 Å². The first-order chi connectivity index (χ1) is 50.4. The van der Waals surface area contributed by atoms with Gasteiger partial charge in [-0.25, -0.2) is 9.13 Å². The van der Waals surface area contributed by atoms with E-state index in [1.54, 1.807) is 0 Å². The number of esters is 4. The van der Waals surface area contributed by atoms with Crippen molar-refractivity contribution in [1.82, 2.24) is 0 Å². The number of unbranched alkanes of at least 4 members (excludes halogenated alkanes) is 54. The van der Waals surface area contributed by atoms with Crippen molar-refractivity contribution in [3.05, 3.63) is 0 Å². The molecule has 5 atom stereocenters. The number of phosphoric ester groups is 2. The van der Waals surface area contributed by atoms with Gasteiger partial charge >= 0.3 is 39.5 Å². The number of aliphatic hydroxyl groups excluding tert-OH is 1. The highest BCUT2D eigenvalue weighted by Gasteiger charge is 2.30. The molecule has 0 aromatic carbocycles. The maximum atomic E-state index is 13.1. The first-order valence-corrected chi connectivity index (χ1v) is 47.0. The fourth-order valence-corrected chi connectivity index (χ4v) is 14.8. The third-order valence-electron chi connectivity index (χ3n) is 20.0. The van der Waals surface area contributed by atoms with Gasteiger partial charge in [0.2, 0.25) is 0 Å². The molecule has 0 saturated heterocycles. The van der Waals surface area contributed by atoms with Gasteiger partial charge in [-0.3, -0.25) is 37.3 Å². The van der Waals surface area contributed by atoms with E-state index >= 15 is 0 Å². The minimum atomic E-state index is -4.97. The predicted molar refractivity (Wildman–Crippen MR) is 428 cm³/mol. The summed E-state index contributed by atoms with van der Waals surface area (Å²) in [7, 11) is -9.93. The van der Waals surface area contributed by atoms with Crippen LogP contribution in [0.4, 0.5) is 0 Å². The molecule has 0 bridgehead atoms. The Morgan fingerprint density at radius 1 is 0.260 bits per heavy atom. The summed E-state index contributed by atoms with van der Waals surface area (Å²) in [5.74, 6) is -0.613. The molecule has 0 aliphatic rings. The lowest BCUT2D eigenvalue weighted by molar-refractivity contribution is -0.161. The standard InChI is InChI=1S/C85H166O17P2/c1-7-9-11-13-15-17-19-21-23-25-27-28-29-31-33-35-39-43-51-57-63-69-84(89)101-80(73-95-82(87)67-61-55-49-42-38-34-32-30-26-24-22-20-18-16-14-12-10-8-2)75-99-103(91,92)97-71-79(86)72-98-104(93,94)100-76-81(74-96-83(88)68-62-56-50-46-45-48-54-60-66-78(5)6)102-85(90)70-64-58-52-44-40-36-37-41-47-53-59-65-77(3)4/h77-81,86H,7-76H2,1-6H3,(H,91,92)(H,93,94)/t79-,80-,81-/m1/s1. The molecule has 0 radical (unpaired) electrons. The van der Waals surface area contributed by atoms with Gasteiger partial charge in [0.25, 0.3) is 0 Å². The van der Waals surface area contributed by atoms with Crippen molar-refractivity contribution in [2.45, 2.75) is 471 Å². The summed E-state index contributed by atoms with van der Waals surface area (Å²) < 4.78 is 68.9. The van der Waals surface area contributed by atoms with Gasteiger partial charge in [-0.05, 0) is 37.5 Å². The highest BCUT2D eigenvalue weighted by molar-refractivity contribution is 7.47. The minimum Gasteiger partial charge on any atom is -0.462 e. The van der Waals surface area contributed by atoms with Crippen LogP contribution in [-0.4, -0.2) is 96.7 Å². The first kappa shape index (κ1) is 102. The van der Waals surface area contributed by atoms with Gasteiger partial charge in [0.15, 0.2) is 12.2 Å². The van der Waals surface area contributed by atoms with Crippen LogP contribution < -0.4 is 0 Å². The van der Waals surface area contributed by atoms with Crippen LogP contribution in [0.2, 0.25) is 0 Å². The molecule has 0 fully saturated rings. The summed E-state index contributed by atoms with van der Waals surface area (Å²) in [5, 5.41) is 10.7. The van der Waals surface area contributed by atoms with Crippen molar-refractivity contribution < 1.29 is 80.2 Å². The first-order valence-electron chi connectivity index (χ1n) is 44.0. The van der Waals surface area contributed by atoms with E-state index in [0.29, 0.717) is 25.7 Å². The highest BCUT2D eigenvalue weighted by Crippen LogP contribution is 2.45. The summed E-state index contributed by atoms with van der Waals surface area (Å²) in [6.45, 7) is 9.62. The van der Waals surface area contributed by atoms with Crippen LogP contribution in [0, 0.1) is 11.8 Å². The second kappa shape index (κ2) is 76.4. The number of phosphoric acid groups is 2. The number of aliphatic hydroxyl groups is 1. The van der Waals surface area contributed by atoms with Crippen molar-refractivity contribution in [1.29, 1.82) is 0 Å². The Kier molecular flexibility index (Phi) is 75.0. The second-order valence-electron chi connectivity index (χ2n) is 31.5. The van der Waals surface area contributed by atoms with Gasteiger partial charge in [-0.2, -0.15) is 0 Å². The molecule has 19 heteroatoms. The molecular formula is C85H166O17P2. The van der Waals surface area contributed by atoms with Crippen LogP contribution in [-0.2, 0) is 65.4 Å². The van der Waals surface area contributed by atoms with E-state index in [1.165, 1.54) is 270 Å². The van der Waals surface area contributed by atoms with Crippen LogP contribution in [0.1, 0.15) is 452 Å². The summed E-state index contributed by atoms with van der Waals surface area (Å²) >= 11 is 0. The van der Waals surface area contributed by atoms with E-state index in [1.807, 2.05) is 0 Å². The highest BCUT2D eigenvalue weighted by atomic mass is 31.2. The third-order valence-corrected chi connectivity index (χ3v) is 21.9. The predicted octanol–water partition coefficient (Wildman–Crippen LogP) is 25.8. The molecule has 0 rings (SSSR count).